The number of carbonyl (C=O) groups is 1. The number of carboxylic acids is 1. The molecule has 0 aliphatic heterocycles. The van der Waals surface area contributed by atoms with Crippen LogP contribution in [-0.2, 0) is 17.8 Å². The maximum atomic E-state index is 12.5. The summed E-state index contributed by atoms with van der Waals surface area (Å²) in [5, 5.41) is 13.9. The zero-order chi connectivity index (χ0) is 23.3. The number of halogens is 1. The van der Waals surface area contributed by atoms with Crippen LogP contribution in [0, 0.1) is 0 Å². The van der Waals surface area contributed by atoms with E-state index in [2.05, 4.69) is 10.4 Å². The van der Waals surface area contributed by atoms with Crippen LogP contribution >= 0.6 is 22.9 Å². The van der Waals surface area contributed by atoms with Crippen LogP contribution in [-0.4, -0.2) is 25.3 Å². The normalized spacial score (nSPS) is 11.4. The first-order chi connectivity index (χ1) is 15.8. The highest BCUT2D eigenvalue weighted by Crippen LogP contribution is 2.32. The van der Waals surface area contributed by atoms with Gasteiger partial charge in [0.15, 0.2) is 0 Å². The Morgan fingerprint density at radius 3 is 2.73 bits per heavy atom. The van der Waals surface area contributed by atoms with Crippen molar-refractivity contribution in [3.63, 3.8) is 0 Å². The first kappa shape index (κ1) is 21.0. The Labute approximate surface area is 195 Å². The van der Waals surface area contributed by atoms with Crippen LogP contribution < -0.4 is 17.1 Å². The van der Waals surface area contributed by atoms with E-state index in [9.17, 15) is 19.5 Å². The number of fused-ring (bicyclic) bond motifs is 2. The van der Waals surface area contributed by atoms with Crippen molar-refractivity contribution in [3.05, 3.63) is 91.2 Å². The Balaban J connectivity index is 1.68. The van der Waals surface area contributed by atoms with Gasteiger partial charge in [0.1, 0.15) is 0 Å². The third-order valence-corrected chi connectivity index (χ3v) is 6.83. The quantitative estimate of drug-likeness (QED) is 0.332. The molecule has 0 saturated carbocycles. The predicted octanol–water partition coefficient (Wildman–Crippen LogP) is 3.42. The van der Waals surface area contributed by atoms with Crippen molar-refractivity contribution in [2.24, 2.45) is 0 Å². The molecule has 0 atom stereocenters. The largest absolute Gasteiger partial charge is 0.481 e. The smallest absolute Gasteiger partial charge is 0.347 e. The van der Waals surface area contributed by atoms with Crippen LogP contribution in [0.4, 0.5) is 0 Å². The Morgan fingerprint density at radius 1 is 1.12 bits per heavy atom. The Morgan fingerprint density at radius 2 is 1.94 bits per heavy atom. The molecule has 0 radical (unpaired) electrons. The molecule has 0 bridgehead atoms. The fraction of sp³-hybridized carbons (Fsp3) is 0.0870. The lowest BCUT2D eigenvalue weighted by molar-refractivity contribution is -0.136. The Hall–Kier alpha value is -3.82. The molecule has 0 aliphatic carbocycles. The molecule has 0 amide bonds. The molecular weight excluding hydrogens is 464 g/mol. The summed E-state index contributed by atoms with van der Waals surface area (Å²) in [4.78, 5) is 38.0. The molecule has 2 aromatic carbocycles. The second-order valence-corrected chi connectivity index (χ2v) is 9.02. The van der Waals surface area contributed by atoms with Crippen LogP contribution in [0.3, 0.4) is 0 Å². The maximum Gasteiger partial charge on any atom is 0.347 e. The molecule has 3 aromatic heterocycles. The first-order valence-corrected chi connectivity index (χ1v) is 11.2. The van der Waals surface area contributed by atoms with Crippen molar-refractivity contribution in [3.8, 4) is 11.1 Å². The third kappa shape index (κ3) is 3.71. The van der Waals surface area contributed by atoms with E-state index in [1.165, 1.54) is 6.20 Å². The van der Waals surface area contributed by atoms with Gasteiger partial charge in [-0.3, -0.25) is 9.59 Å². The number of aromatic nitrogens is 3. The molecule has 3 heterocycles. The number of nitrogens with one attached hydrogen (secondary N) is 1. The van der Waals surface area contributed by atoms with Crippen molar-refractivity contribution in [1.29, 1.82) is 0 Å². The van der Waals surface area contributed by atoms with Gasteiger partial charge >= 0.3 is 11.7 Å². The fourth-order valence-corrected chi connectivity index (χ4v) is 5.13. The van der Waals surface area contributed by atoms with E-state index >= 15 is 0 Å². The van der Waals surface area contributed by atoms with Gasteiger partial charge in [-0.25, -0.2) is 4.79 Å². The highest BCUT2D eigenvalue weighted by Gasteiger charge is 2.16. The highest BCUT2D eigenvalue weighted by atomic mass is 35.5. The van der Waals surface area contributed by atoms with E-state index in [1.807, 2.05) is 29.0 Å². The minimum Gasteiger partial charge on any atom is -0.481 e. The SMILES string of the molecule is Nn1c(=O)[nH]cc(-c2ccc3c(CC(=O)O)cn(Cc4csc5ccc(Cl)cc45)c3c2)c1=O. The number of hydrogen-bond donors (Lipinski definition) is 3. The molecule has 8 nitrogen and oxygen atoms in total. The minimum atomic E-state index is -0.933. The molecule has 0 spiro atoms. The van der Waals surface area contributed by atoms with Gasteiger partial charge in [-0.15, -0.1) is 11.3 Å². The molecule has 5 rings (SSSR count). The number of nitrogens with two attached hydrogens (primary N) is 1. The van der Waals surface area contributed by atoms with Gasteiger partial charge < -0.3 is 20.5 Å². The summed E-state index contributed by atoms with van der Waals surface area (Å²) in [6.07, 6.45) is 3.02. The standard InChI is InChI=1S/C23H17ClN4O4S/c24-15-2-4-20-17(7-15)14(11-33-20)10-27-9-13(6-21(29)30)16-3-1-12(5-19(16)27)18-8-26-23(32)28(25)22(18)31/h1-5,7-9,11H,6,10,25H2,(H,26,32)(H,29,30). The van der Waals surface area contributed by atoms with Crippen LogP contribution in [0.2, 0.25) is 5.02 Å². The van der Waals surface area contributed by atoms with Gasteiger partial charge in [-0.1, -0.05) is 23.7 Å². The molecule has 0 unspecified atom stereocenters. The van der Waals surface area contributed by atoms with Gasteiger partial charge in [-0.2, -0.15) is 4.68 Å². The number of aliphatic carboxylic acids is 1. The maximum absolute atomic E-state index is 12.5. The number of nitrogens with zero attached hydrogens (tertiary/aromatic N) is 2. The molecular formula is C23H17ClN4O4S. The summed E-state index contributed by atoms with van der Waals surface area (Å²) in [5.41, 5.74) is 1.94. The predicted molar refractivity (Wildman–Crippen MR) is 130 cm³/mol. The number of hydrogen-bond acceptors (Lipinski definition) is 5. The fourth-order valence-electron chi connectivity index (χ4n) is 4.02. The summed E-state index contributed by atoms with van der Waals surface area (Å²) in [5.74, 6) is 4.62. The summed E-state index contributed by atoms with van der Waals surface area (Å²) < 4.78 is 3.59. The molecule has 10 heteroatoms. The lowest BCUT2D eigenvalue weighted by Crippen LogP contribution is -2.41. The zero-order valence-corrected chi connectivity index (χ0v) is 18.6. The number of benzene rings is 2. The molecule has 4 N–H and O–H groups in total. The van der Waals surface area contributed by atoms with E-state index in [0.717, 1.165) is 26.6 Å². The number of rotatable bonds is 5. The molecule has 166 valence electrons. The number of carboxylic acid groups (broad SMARTS) is 1. The minimum absolute atomic E-state index is 0.132. The van der Waals surface area contributed by atoms with Crippen molar-refractivity contribution < 1.29 is 9.90 Å². The van der Waals surface area contributed by atoms with Crippen LogP contribution in [0.15, 0.2) is 63.8 Å². The Kier molecular flexibility index (Phi) is 5.07. The summed E-state index contributed by atoms with van der Waals surface area (Å²) in [6, 6.07) is 11.0. The number of aromatic amines is 1. The molecule has 33 heavy (non-hydrogen) atoms. The van der Waals surface area contributed by atoms with E-state index in [-0.39, 0.29) is 12.0 Å². The average molecular weight is 481 g/mol. The van der Waals surface area contributed by atoms with Gasteiger partial charge in [0.25, 0.3) is 5.56 Å². The van der Waals surface area contributed by atoms with Gasteiger partial charge in [0.2, 0.25) is 0 Å². The van der Waals surface area contributed by atoms with Gasteiger partial charge in [0, 0.05) is 39.6 Å². The van der Waals surface area contributed by atoms with Crippen LogP contribution in [0.5, 0.6) is 0 Å². The van der Waals surface area contributed by atoms with Crippen molar-refractivity contribution >= 4 is 49.9 Å². The summed E-state index contributed by atoms with van der Waals surface area (Å²) >= 11 is 7.81. The second kappa shape index (κ2) is 7.95. The van der Waals surface area contributed by atoms with Crippen LogP contribution in [0.1, 0.15) is 11.1 Å². The molecule has 5 aromatic rings. The molecule has 0 aliphatic rings. The van der Waals surface area contributed by atoms with E-state index in [1.54, 1.807) is 29.5 Å². The second-order valence-electron chi connectivity index (χ2n) is 7.67. The van der Waals surface area contributed by atoms with E-state index in [4.69, 9.17) is 17.4 Å². The lowest BCUT2D eigenvalue weighted by atomic mass is 10.0. The van der Waals surface area contributed by atoms with Crippen LogP contribution in [0.25, 0.3) is 32.1 Å². The average Bonchev–Trinajstić information content (AvgIpc) is 3.33. The Bertz CT molecular complexity index is 1680. The van der Waals surface area contributed by atoms with E-state index in [0.29, 0.717) is 27.4 Å². The number of H-pyrrole nitrogens is 1. The monoisotopic (exact) mass is 480 g/mol. The number of thiophene rings is 1. The van der Waals surface area contributed by atoms with E-state index < -0.39 is 17.2 Å². The third-order valence-electron chi connectivity index (χ3n) is 5.58. The van der Waals surface area contributed by atoms with Gasteiger partial charge in [0.05, 0.1) is 12.0 Å². The summed E-state index contributed by atoms with van der Waals surface area (Å²) in [7, 11) is 0. The molecule has 0 saturated heterocycles. The topological polar surface area (TPSA) is 123 Å². The molecule has 0 fully saturated rings. The van der Waals surface area contributed by atoms with Crippen molar-refractivity contribution in [1.82, 2.24) is 14.2 Å². The van der Waals surface area contributed by atoms with Crippen molar-refractivity contribution in [2.45, 2.75) is 13.0 Å². The highest BCUT2D eigenvalue weighted by molar-refractivity contribution is 7.17. The zero-order valence-electron chi connectivity index (χ0n) is 17.0. The lowest BCUT2D eigenvalue weighted by Gasteiger charge is -2.08. The first-order valence-electron chi connectivity index (χ1n) is 9.91. The number of nitrogen functional groups attached to an aromatic ring is 1. The van der Waals surface area contributed by atoms with Gasteiger partial charge in [-0.05, 0) is 51.7 Å². The summed E-state index contributed by atoms with van der Waals surface area (Å²) in [6.45, 7) is 0.493. The van der Waals surface area contributed by atoms with Crippen molar-refractivity contribution in [2.75, 3.05) is 5.84 Å².